The molecule has 0 fully saturated rings. The molecule has 0 saturated heterocycles. The Morgan fingerprint density at radius 2 is 1.65 bits per heavy atom. The fourth-order valence-corrected chi connectivity index (χ4v) is 4.77. The lowest BCUT2D eigenvalue weighted by Gasteiger charge is -2.13. The molecule has 1 atom stereocenters. The van der Waals surface area contributed by atoms with Gasteiger partial charge in [-0.1, -0.05) is 78.3 Å². The second-order valence-electron chi connectivity index (χ2n) is 7.51. The summed E-state index contributed by atoms with van der Waals surface area (Å²) < 4.78 is 2.02. The summed E-state index contributed by atoms with van der Waals surface area (Å²) >= 11 is 7.37. The van der Waals surface area contributed by atoms with Crippen LogP contribution in [0.15, 0.2) is 89.7 Å². The summed E-state index contributed by atoms with van der Waals surface area (Å²) in [6.07, 6.45) is 1.68. The Morgan fingerprint density at radius 1 is 1.03 bits per heavy atom. The van der Waals surface area contributed by atoms with Crippen LogP contribution in [0.25, 0.3) is 17.3 Å². The molecule has 0 aliphatic rings. The summed E-state index contributed by atoms with van der Waals surface area (Å²) in [5.74, 6) is -0.547. The summed E-state index contributed by atoms with van der Waals surface area (Å²) in [5.41, 5.74) is 1.69. The minimum Gasteiger partial charge on any atom is -0.345 e. The van der Waals surface area contributed by atoms with Gasteiger partial charge in [0.15, 0.2) is 5.57 Å². The van der Waals surface area contributed by atoms with E-state index >= 15 is 0 Å². The van der Waals surface area contributed by atoms with Gasteiger partial charge in [-0.05, 0) is 42.3 Å². The van der Waals surface area contributed by atoms with Crippen LogP contribution < -0.4 is 20.1 Å². The van der Waals surface area contributed by atoms with Gasteiger partial charge in [-0.25, -0.2) is 0 Å². The van der Waals surface area contributed by atoms with E-state index in [4.69, 9.17) is 11.6 Å². The van der Waals surface area contributed by atoms with Gasteiger partial charge in [-0.2, -0.15) is 5.26 Å². The summed E-state index contributed by atoms with van der Waals surface area (Å²) in [4.78, 5) is 26.6. The van der Waals surface area contributed by atoms with Crippen molar-refractivity contribution in [3.8, 4) is 11.8 Å². The highest BCUT2D eigenvalue weighted by Crippen LogP contribution is 2.15. The van der Waals surface area contributed by atoms with E-state index in [1.807, 2.05) is 61.5 Å². The number of nitrogens with zero attached hydrogens (tertiary/aromatic N) is 2. The monoisotopic (exact) mass is 485 g/mol. The molecule has 0 radical (unpaired) electrons. The van der Waals surface area contributed by atoms with Crippen LogP contribution in [-0.2, 0) is 4.79 Å². The molecular formula is C27H20ClN3O2S. The topological polar surface area (TPSA) is 74.9 Å². The molecule has 1 amide bonds. The largest absolute Gasteiger partial charge is 0.345 e. The number of aromatic nitrogens is 1. The third-order valence-electron chi connectivity index (χ3n) is 5.23. The van der Waals surface area contributed by atoms with Gasteiger partial charge in [0, 0.05) is 5.02 Å². The zero-order valence-corrected chi connectivity index (χ0v) is 19.8. The molecule has 1 aromatic heterocycles. The highest BCUT2D eigenvalue weighted by Gasteiger charge is 2.19. The number of hydrogen-bond donors (Lipinski definition) is 1. The molecule has 4 rings (SSSR count). The van der Waals surface area contributed by atoms with Crippen LogP contribution in [-0.4, -0.2) is 10.5 Å². The molecule has 168 valence electrons. The SMILES string of the molecule is CC(NC(=O)/C(C#N)=c1\s/c(=C/c2ccccc2Cl)c(=O)n1-c1ccccc1)c1ccccc1. The van der Waals surface area contributed by atoms with Gasteiger partial charge in [0.25, 0.3) is 11.5 Å². The number of nitrogens with one attached hydrogen (secondary N) is 1. The number of hydrogen-bond acceptors (Lipinski definition) is 4. The number of amides is 1. The Bertz CT molecular complexity index is 1550. The predicted molar refractivity (Wildman–Crippen MR) is 136 cm³/mol. The Balaban J connectivity index is 1.91. The van der Waals surface area contributed by atoms with Crippen molar-refractivity contribution >= 4 is 40.5 Å². The minimum atomic E-state index is -0.547. The minimum absolute atomic E-state index is 0.132. The maximum absolute atomic E-state index is 13.4. The molecule has 7 heteroatoms. The van der Waals surface area contributed by atoms with Crippen LogP contribution >= 0.6 is 22.9 Å². The van der Waals surface area contributed by atoms with Crippen LogP contribution in [0.2, 0.25) is 5.02 Å². The van der Waals surface area contributed by atoms with Gasteiger partial charge in [0.2, 0.25) is 0 Å². The predicted octanol–water partition coefficient (Wildman–Crippen LogP) is 3.93. The van der Waals surface area contributed by atoms with Crippen LogP contribution in [0.3, 0.4) is 0 Å². The fourth-order valence-electron chi connectivity index (χ4n) is 3.48. The lowest BCUT2D eigenvalue weighted by atomic mass is 10.1. The van der Waals surface area contributed by atoms with Crippen molar-refractivity contribution in [3.05, 3.63) is 121 Å². The standard InChI is InChI=1S/C27H20ClN3O2S/c1-18(19-10-4-2-5-11-19)30-25(32)22(17-29)27-31(21-13-6-3-7-14-21)26(33)24(34-27)16-20-12-8-9-15-23(20)28/h2-16,18H,1H3,(H,30,32)/b24-16+,27-22-. The summed E-state index contributed by atoms with van der Waals surface area (Å²) in [6, 6.07) is 27.3. The Labute approximate surface area is 205 Å². The van der Waals surface area contributed by atoms with E-state index in [1.54, 1.807) is 42.5 Å². The lowest BCUT2D eigenvalue weighted by molar-refractivity contribution is -0.116. The molecule has 3 aromatic carbocycles. The van der Waals surface area contributed by atoms with Crippen molar-refractivity contribution in [1.82, 2.24) is 9.88 Å². The van der Waals surface area contributed by atoms with Crippen LogP contribution in [0, 0.1) is 11.3 Å². The normalized spacial score (nSPS) is 13.1. The summed E-state index contributed by atoms with van der Waals surface area (Å²) in [7, 11) is 0. The number of para-hydroxylation sites is 1. The van der Waals surface area contributed by atoms with E-state index in [9.17, 15) is 14.9 Å². The molecule has 0 aliphatic carbocycles. The van der Waals surface area contributed by atoms with Crippen molar-refractivity contribution in [2.75, 3.05) is 0 Å². The maximum atomic E-state index is 13.4. The Morgan fingerprint density at radius 3 is 2.29 bits per heavy atom. The Hall–Kier alpha value is -3.92. The fraction of sp³-hybridized carbons (Fsp3) is 0.0741. The molecule has 0 saturated carbocycles. The average Bonchev–Trinajstić information content (AvgIpc) is 3.17. The van der Waals surface area contributed by atoms with E-state index in [2.05, 4.69) is 5.32 Å². The van der Waals surface area contributed by atoms with Gasteiger partial charge in [-0.15, -0.1) is 11.3 Å². The number of carbonyl (C=O) groups is 1. The quantitative estimate of drug-likeness (QED) is 0.465. The van der Waals surface area contributed by atoms with Gasteiger partial charge in [0.1, 0.15) is 10.7 Å². The van der Waals surface area contributed by atoms with Crippen LogP contribution in [0.4, 0.5) is 0 Å². The van der Waals surface area contributed by atoms with E-state index in [0.29, 0.717) is 20.8 Å². The first-order chi connectivity index (χ1) is 16.5. The van der Waals surface area contributed by atoms with Gasteiger partial charge in [-0.3, -0.25) is 14.2 Å². The molecule has 1 unspecified atom stereocenters. The van der Waals surface area contributed by atoms with Gasteiger partial charge >= 0.3 is 0 Å². The zero-order chi connectivity index (χ0) is 24.1. The molecule has 1 heterocycles. The number of carbonyl (C=O) groups excluding carboxylic acids is 1. The summed E-state index contributed by atoms with van der Waals surface area (Å²) in [6.45, 7) is 1.84. The average molecular weight is 486 g/mol. The summed E-state index contributed by atoms with van der Waals surface area (Å²) in [5, 5.41) is 13.3. The first kappa shape index (κ1) is 23.2. The van der Waals surface area contributed by atoms with E-state index in [0.717, 1.165) is 16.9 Å². The number of benzene rings is 3. The van der Waals surface area contributed by atoms with Gasteiger partial charge in [0.05, 0.1) is 16.3 Å². The van der Waals surface area contributed by atoms with Crippen LogP contribution in [0.1, 0.15) is 24.1 Å². The molecule has 4 aromatic rings. The number of nitriles is 1. The van der Waals surface area contributed by atoms with E-state index in [1.165, 1.54) is 4.57 Å². The second-order valence-corrected chi connectivity index (χ2v) is 8.94. The molecule has 1 N–H and O–H groups in total. The third kappa shape index (κ3) is 4.86. The van der Waals surface area contributed by atoms with Crippen molar-refractivity contribution in [2.45, 2.75) is 13.0 Å². The third-order valence-corrected chi connectivity index (χ3v) is 6.67. The number of rotatable bonds is 5. The van der Waals surface area contributed by atoms with Crippen molar-refractivity contribution in [3.63, 3.8) is 0 Å². The Kier molecular flexibility index (Phi) is 7.07. The van der Waals surface area contributed by atoms with Crippen LogP contribution in [0.5, 0.6) is 0 Å². The van der Waals surface area contributed by atoms with E-state index < -0.39 is 5.91 Å². The zero-order valence-electron chi connectivity index (χ0n) is 18.2. The number of thiazole rings is 1. The van der Waals surface area contributed by atoms with Crippen molar-refractivity contribution < 1.29 is 4.79 Å². The molecule has 34 heavy (non-hydrogen) atoms. The molecule has 5 nitrogen and oxygen atoms in total. The molecule has 0 aliphatic heterocycles. The highest BCUT2D eigenvalue weighted by molar-refractivity contribution is 7.07. The highest BCUT2D eigenvalue weighted by atomic mass is 35.5. The molecule has 0 spiro atoms. The van der Waals surface area contributed by atoms with Crippen molar-refractivity contribution in [1.29, 1.82) is 5.26 Å². The molecular weight excluding hydrogens is 466 g/mol. The maximum Gasteiger partial charge on any atom is 0.273 e. The lowest BCUT2D eigenvalue weighted by Crippen LogP contribution is -2.34. The first-order valence-corrected chi connectivity index (χ1v) is 11.7. The number of halogens is 1. The molecule has 0 bridgehead atoms. The van der Waals surface area contributed by atoms with E-state index in [-0.39, 0.29) is 21.8 Å². The van der Waals surface area contributed by atoms with Gasteiger partial charge < -0.3 is 5.32 Å². The van der Waals surface area contributed by atoms with Crippen molar-refractivity contribution in [2.24, 2.45) is 0 Å². The second kappa shape index (κ2) is 10.3. The first-order valence-electron chi connectivity index (χ1n) is 10.5. The smallest absolute Gasteiger partial charge is 0.273 e.